The zero-order chi connectivity index (χ0) is 23.9. The largest absolute Gasteiger partial charge is 0.507 e. The van der Waals surface area contributed by atoms with Crippen molar-refractivity contribution in [3.63, 3.8) is 0 Å². The Morgan fingerprint density at radius 2 is 1.82 bits per heavy atom. The van der Waals surface area contributed by atoms with Gasteiger partial charge in [-0.05, 0) is 48.4 Å². The molecular formula is C26H29N3O5. The van der Waals surface area contributed by atoms with E-state index in [1.807, 2.05) is 0 Å². The molecule has 178 valence electrons. The molecule has 0 saturated carbocycles. The summed E-state index contributed by atoms with van der Waals surface area (Å²) in [6.45, 7) is 8.33. The zero-order valence-electron chi connectivity index (χ0n) is 19.1. The first-order chi connectivity index (χ1) is 16.6. The zero-order valence-corrected chi connectivity index (χ0v) is 19.1. The van der Waals surface area contributed by atoms with E-state index >= 15 is 0 Å². The van der Waals surface area contributed by atoms with Crippen LogP contribution in [0.25, 0.3) is 5.76 Å². The third-order valence-corrected chi connectivity index (χ3v) is 6.03. The third kappa shape index (κ3) is 5.18. The van der Waals surface area contributed by atoms with Crippen molar-refractivity contribution in [2.24, 2.45) is 0 Å². The van der Waals surface area contributed by atoms with Crippen molar-refractivity contribution in [2.75, 3.05) is 46.0 Å². The SMILES string of the molecule is C=CCOc1ccc(/C(O)=C2\C(=O)C(=O)N(CCCN3CCOCC3)C2c2ccncc2)cc1. The third-order valence-electron chi connectivity index (χ3n) is 6.03. The van der Waals surface area contributed by atoms with Crippen molar-refractivity contribution in [2.45, 2.75) is 12.5 Å². The Balaban J connectivity index is 1.61. The average Bonchev–Trinajstić information content (AvgIpc) is 3.13. The molecule has 8 nitrogen and oxygen atoms in total. The van der Waals surface area contributed by atoms with E-state index in [0.717, 1.165) is 25.2 Å². The molecule has 2 fully saturated rings. The molecule has 2 aliphatic rings. The number of carbonyl (C=O) groups excluding carboxylic acids is 2. The van der Waals surface area contributed by atoms with Crippen LogP contribution in [0.15, 0.2) is 67.0 Å². The van der Waals surface area contributed by atoms with Gasteiger partial charge < -0.3 is 19.5 Å². The van der Waals surface area contributed by atoms with E-state index in [0.29, 0.717) is 44.1 Å². The minimum absolute atomic E-state index is 0.0855. The van der Waals surface area contributed by atoms with Crippen LogP contribution in [-0.4, -0.2) is 77.6 Å². The van der Waals surface area contributed by atoms with Crippen LogP contribution in [0.1, 0.15) is 23.6 Å². The predicted octanol–water partition coefficient (Wildman–Crippen LogP) is 2.79. The fraction of sp³-hybridized carbons (Fsp3) is 0.346. The number of nitrogens with zero attached hydrogens (tertiary/aromatic N) is 3. The van der Waals surface area contributed by atoms with Gasteiger partial charge in [-0.1, -0.05) is 12.7 Å². The molecule has 0 radical (unpaired) electrons. The molecule has 2 saturated heterocycles. The predicted molar refractivity (Wildman–Crippen MR) is 127 cm³/mol. The van der Waals surface area contributed by atoms with Gasteiger partial charge in [0.15, 0.2) is 0 Å². The van der Waals surface area contributed by atoms with E-state index in [1.165, 1.54) is 0 Å². The fourth-order valence-corrected chi connectivity index (χ4v) is 4.31. The lowest BCUT2D eigenvalue weighted by atomic mass is 9.96. The van der Waals surface area contributed by atoms with E-state index in [4.69, 9.17) is 9.47 Å². The Bertz CT molecular complexity index is 1050. The van der Waals surface area contributed by atoms with Gasteiger partial charge in [0.1, 0.15) is 18.1 Å². The van der Waals surface area contributed by atoms with Gasteiger partial charge in [-0.25, -0.2) is 0 Å². The molecule has 1 aromatic carbocycles. The summed E-state index contributed by atoms with van der Waals surface area (Å²) in [4.78, 5) is 34.1. The molecule has 8 heteroatoms. The lowest BCUT2D eigenvalue weighted by molar-refractivity contribution is -0.140. The van der Waals surface area contributed by atoms with Crippen molar-refractivity contribution < 1.29 is 24.2 Å². The van der Waals surface area contributed by atoms with Gasteiger partial charge in [-0.3, -0.25) is 19.5 Å². The summed E-state index contributed by atoms with van der Waals surface area (Å²) in [6, 6.07) is 9.61. The quantitative estimate of drug-likeness (QED) is 0.265. The summed E-state index contributed by atoms with van der Waals surface area (Å²) in [5.74, 6) is -0.870. The Labute approximate surface area is 199 Å². The van der Waals surface area contributed by atoms with E-state index in [2.05, 4.69) is 16.5 Å². The molecule has 4 rings (SSSR count). The number of carbonyl (C=O) groups is 2. The summed E-state index contributed by atoms with van der Waals surface area (Å²) >= 11 is 0. The van der Waals surface area contributed by atoms with Crippen molar-refractivity contribution in [3.8, 4) is 5.75 Å². The van der Waals surface area contributed by atoms with Gasteiger partial charge in [0.25, 0.3) is 11.7 Å². The van der Waals surface area contributed by atoms with Crippen LogP contribution in [0.5, 0.6) is 5.75 Å². The maximum Gasteiger partial charge on any atom is 0.295 e. The Kier molecular flexibility index (Phi) is 7.72. The van der Waals surface area contributed by atoms with Crippen LogP contribution in [-0.2, 0) is 14.3 Å². The Hall–Kier alpha value is -3.49. The molecule has 3 heterocycles. The molecule has 34 heavy (non-hydrogen) atoms. The molecule has 0 aliphatic carbocycles. The summed E-state index contributed by atoms with van der Waals surface area (Å²) in [7, 11) is 0. The van der Waals surface area contributed by atoms with E-state index in [-0.39, 0.29) is 11.3 Å². The maximum absolute atomic E-state index is 13.1. The average molecular weight is 464 g/mol. The van der Waals surface area contributed by atoms with Gasteiger partial charge in [-0.15, -0.1) is 0 Å². The number of rotatable bonds is 9. The van der Waals surface area contributed by atoms with Crippen LogP contribution < -0.4 is 4.74 Å². The minimum atomic E-state index is -0.683. The number of aliphatic hydroxyl groups excluding tert-OH is 1. The fourth-order valence-electron chi connectivity index (χ4n) is 4.31. The number of benzene rings is 1. The lowest BCUT2D eigenvalue weighted by Crippen LogP contribution is -2.38. The van der Waals surface area contributed by atoms with Crippen molar-refractivity contribution in [1.29, 1.82) is 0 Å². The second-order valence-corrected chi connectivity index (χ2v) is 8.20. The second-order valence-electron chi connectivity index (χ2n) is 8.20. The minimum Gasteiger partial charge on any atom is -0.507 e. The Morgan fingerprint density at radius 3 is 2.50 bits per heavy atom. The number of hydrogen-bond acceptors (Lipinski definition) is 7. The standard InChI is InChI=1S/C26H29N3O5/c1-2-16-34-21-6-4-20(5-7-21)24(30)22-23(19-8-10-27-11-9-19)29(26(32)25(22)31)13-3-12-28-14-17-33-18-15-28/h2,4-11,23,30H,1,3,12-18H2/b24-22+. The second kappa shape index (κ2) is 11.1. The number of aliphatic hydroxyl groups is 1. The number of aromatic nitrogens is 1. The number of Topliss-reactive ketones (excluding diaryl/α,β-unsaturated/α-hetero) is 1. The summed E-state index contributed by atoms with van der Waals surface area (Å²) < 4.78 is 10.9. The van der Waals surface area contributed by atoms with Crippen molar-refractivity contribution >= 4 is 17.4 Å². The number of ether oxygens (including phenoxy) is 2. The lowest BCUT2D eigenvalue weighted by Gasteiger charge is -2.29. The molecule has 1 atom stereocenters. The molecular weight excluding hydrogens is 434 g/mol. The highest BCUT2D eigenvalue weighted by Crippen LogP contribution is 2.39. The number of likely N-dealkylation sites (tertiary alicyclic amines) is 1. The highest BCUT2D eigenvalue weighted by molar-refractivity contribution is 6.46. The topological polar surface area (TPSA) is 92.2 Å². The number of amides is 1. The monoisotopic (exact) mass is 463 g/mol. The van der Waals surface area contributed by atoms with E-state index < -0.39 is 17.7 Å². The van der Waals surface area contributed by atoms with Gasteiger partial charge in [0.05, 0.1) is 24.8 Å². The van der Waals surface area contributed by atoms with Crippen molar-refractivity contribution in [1.82, 2.24) is 14.8 Å². The van der Waals surface area contributed by atoms with Crippen LogP contribution in [0, 0.1) is 0 Å². The van der Waals surface area contributed by atoms with Gasteiger partial charge >= 0.3 is 0 Å². The summed E-state index contributed by atoms with van der Waals surface area (Å²) in [6.07, 6.45) is 5.59. The van der Waals surface area contributed by atoms with Crippen molar-refractivity contribution in [3.05, 3.63) is 78.1 Å². The number of hydrogen-bond donors (Lipinski definition) is 1. The van der Waals surface area contributed by atoms with Crippen LogP contribution in [0.2, 0.25) is 0 Å². The smallest absolute Gasteiger partial charge is 0.295 e. The molecule has 0 bridgehead atoms. The molecule has 2 aliphatic heterocycles. The molecule has 1 amide bonds. The first kappa shape index (κ1) is 23.7. The number of pyridine rings is 1. The summed E-state index contributed by atoms with van der Waals surface area (Å²) in [5.41, 5.74) is 1.26. The highest BCUT2D eigenvalue weighted by Gasteiger charge is 2.45. The van der Waals surface area contributed by atoms with Gasteiger partial charge in [-0.2, -0.15) is 0 Å². The normalized spacial score (nSPS) is 20.5. The number of ketones is 1. The molecule has 2 aromatic rings. The molecule has 1 unspecified atom stereocenters. The van der Waals surface area contributed by atoms with Gasteiger partial charge in [0, 0.05) is 44.1 Å². The van der Waals surface area contributed by atoms with E-state index in [1.54, 1.807) is 59.8 Å². The number of morpholine rings is 1. The Morgan fingerprint density at radius 1 is 1.12 bits per heavy atom. The van der Waals surface area contributed by atoms with Gasteiger partial charge in [0.2, 0.25) is 0 Å². The first-order valence-electron chi connectivity index (χ1n) is 11.4. The van der Waals surface area contributed by atoms with Crippen LogP contribution in [0.4, 0.5) is 0 Å². The maximum atomic E-state index is 13.1. The molecule has 1 N–H and O–H groups in total. The highest BCUT2D eigenvalue weighted by atomic mass is 16.5. The summed E-state index contributed by atoms with van der Waals surface area (Å²) in [5, 5.41) is 11.1. The van der Waals surface area contributed by atoms with Crippen LogP contribution in [0.3, 0.4) is 0 Å². The molecule has 1 aromatic heterocycles. The van der Waals surface area contributed by atoms with E-state index in [9.17, 15) is 14.7 Å². The first-order valence-corrected chi connectivity index (χ1v) is 11.4. The van der Waals surface area contributed by atoms with Crippen LogP contribution >= 0.6 is 0 Å². The molecule has 0 spiro atoms.